The zero-order chi connectivity index (χ0) is 19.9. The lowest BCUT2D eigenvalue weighted by atomic mass is 9.98. The molecular formula is C23H27N3O2. The molecule has 0 bridgehead atoms. The molecule has 3 rings (SSSR count). The standard InChI is InChI=1S/C23H27N3O2/c1-4-17(3)21(24-20(27)14-13-18-10-6-5-7-11-18)23-25-22(26-28-23)19-12-8-9-16(2)15-19/h5-12,15,17,21H,4,13-14H2,1-3H3,(H,24,27)/t17-,21-/m0/s1. The first-order chi connectivity index (χ1) is 13.6. The third kappa shape index (κ3) is 5.06. The average Bonchev–Trinajstić information content (AvgIpc) is 3.20. The molecule has 0 radical (unpaired) electrons. The second kappa shape index (κ2) is 9.31. The molecular weight excluding hydrogens is 350 g/mol. The fraction of sp³-hybridized carbons (Fsp3) is 0.348. The number of aromatic nitrogens is 2. The fourth-order valence-corrected chi connectivity index (χ4v) is 3.09. The number of amides is 1. The molecule has 0 fully saturated rings. The van der Waals surface area contributed by atoms with Gasteiger partial charge in [0.15, 0.2) is 0 Å². The van der Waals surface area contributed by atoms with E-state index in [1.165, 1.54) is 0 Å². The van der Waals surface area contributed by atoms with Crippen LogP contribution in [0.1, 0.15) is 49.7 Å². The van der Waals surface area contributed by atoms with Crippen LogP contribution < -0.4 is 5.32 Å². The summed E-state index contributed by atoms with van der Waals surface area (Å²) in [6.07, 6.45) is 2.03. The molecule has 0 aliphatic rings. The van der Waals surface area contributed by atoms with Crippen molar-refractivity contribution in [3.05, 3.63) is 71.6 Å². The van der Waals surface area contributed by atoms with Crippen LogP contribution in [0.4, 0.5) is 0 Å². The first-order valence-electron chi connectivity index (χ1n) is 9.80. The molecule has 28 heavy (non-hydrogen) atoms. The van der Waals surface area contributed by atoms with Gasteiger partial charge in [-0.3, -0.25) is 4.79 Å². The van der Waals surface area contributed by atoms with E-state index in [0.29, 0.717) is 24.6 Å². The predicted octanol–water partition coefficient (Wildman–Crippen LogP) is 4.88. The molecule has 5 heteroatoms. The Morgan fingerprint density at radius 2 is 1.93 bits per heavy atom. The summed E-state index contributed by atoms with van der Waals surface area (Å²) in [4.78, 5) is 17.1. The monoisotopic (exact) mass is 377 g/mol. The zero-order valence-electron chi connectivity index (χ0n) is 16.7. The maximum atomic E-state index is 12.5. The Morgan fingerprint density at radius 3 is 2.64 bits per heavy atom. The number of benzene rings is 2. The first kappa shape index (κ1) is 19.8. The van der Waals surface area contributed by atoms with E-state index in [4.69, 9.17) is 4.52 Å². The van der Waals surface area contributed by atoms with E-state index in [1.54, 1.807) is 0 Å². The van der Waals surface area contributed by atoms with E-state index in [1.807, 2.05) is 61.5 Å². The number of nitrogens with one attached hydrogen (secondary N) is 1. The molecule has 0 spiro atoms. The van der Waals surface area contributed by atoms with Crippen molar-refractivity contribution in [2.75, 3.05) is 0 Å². The molecule has 1 amide bonds. The van der Waals surface area contributed by atoms with Crippen LogP contribution in [-0.4, -0.2) is 16.0 Å². The summed E-state index contributed by atoms with van der Waals surface area (Å²) in [6.45, 7) is 6.20. The second-order valence-electron chi connectivity index (χ2n) is 7.24. The number of nitrogens with zero attached hydrogens (tertiary/aromatic N) is 2. The highest BCUT2D eigenvalue weighted by atomic mass is 16.5. The summed E-state index contributed by atoms with van der Waals surface area (Å²) < 4.78 is 5.53. The Morgan fingerprint density at radius 1 is 1.14 bits per heavy atom. The summed E-state index contributed by atoms with van der Waals surface area (Å²) in [5.74, 6) is 1.18. The molecule has 146 valence electrons. The normalized spacial score (nSPS) is 13.1. The lowest BCUT2D eigenvalue weighted by molar-refractivity contribution is -0.122. The SMILES string of the molecule is CC[C@H](C)[C@H](NC(=O)CCc1ccccc1)c1nc(-c2cccc(C)c2)no1. The summed E-state index contributed by atoms with van der Waals surface area (Å²) in [6, 6.07) is 17.7. The number of carbonyl (C=O) groups excluding carboxylic acids is 1. The summed E-state index contributed by atoms with van der Waals surface area (Å²) in [5.41, 5.74) is 3.20. The highest BCUT2D eigenvalue weighted by Crippen LogP contribution is 2.26. The quantitative estimate of drug-likeness (QED) is 0.607. The van der Waals surface area contributed by atoms with E-state index >= 15 is 0 Å². The molecule has 0 unspecified atom stereocenters. The molecule has 2 atom stereocenters. The number of carbonyl (C=O) groups is 1. The Hall–Kier alpha value is -2.95. The van der Waals surface area contributed by atoms with Gasteiger partial charge in [0.1, 0.15) is 6.04 Å². The van der Waals surface area contributed by atoms with Gasteiger partial charge in [0.25, 0.3) is 0 Å². The maximum Gasteiger partial charge on any atom is 0.249 e. The van der Waals surface area contributed by atoms with Gasteiger partial charge < -0.3 is 9.84 Å². The predicted molar refractivity (Wildman–Crippen MR) is 110 cm³/mol. The molecule has 0 saturated heterocycles. The van der Waals surface area contributed by atoms with Crippen LogP contribution in [-0.2, 0) is 11.2 Å². The van der Waals surface area contributed by atoms with Gasteiger partial charge in [0.2, 0.25) is 17.6 Å². The van der Waals surface area contributed by atoms with Crippen molar-refractivity contribution in [1.29, 1.82) is 0 Å². The third-order valence-corrected chi connectivity index (χ3v) is 5.00. The van der Waals surface area contributed by atoms with Crippen molar-refractivity contribution < 1.29 is 9.32 Å². The molecule has 0 aliphatic heterocycles. The van der Waals surface area contributed by atoms with Crippen molar-refractivity contribution in [2.24, 2.45) is 5.92 Å². The molecule has 0 saturated carbocycles. The molecule has 1 aromatic heterocycles. The van der Waals surface area contributed by atoms with Gasteiger partial charge in [0.05, 0.1) is 0 Å². The minimum atomic E-state index is -0.292. The smallest absolute Gasteiger partial charge is 0.249 e. The van der Waals surface area contributed by atoms with E-state index < -0.39 is 0 Å². The average molecular weight is 377 g/mol. The second-order valence-corrected chi connectivity index (χ2v) is 7.24. The topological polar surface area (TPSA) is 68.0 Å². The van der Waals surface area contributed by atoms with Crippen LogP contribution in [0.3, 0.4) is 0 Å². The minimum absolute atomic E-state index is 0.00976. The highest BCUT2D eigenvalue weighted by Gasteiger charge is 2.26. The van der Waals surface area contributed by atoms with Crippen LogP contribution in [0.2, 0.25) is 0 Å². The number of hydrogen-bond donors (Lipinski definition) is 1. The van der Waals surface area contributed by atoms with Gasteiger partial charge >= 0.3 is 0 Å². The number of rotatable bonds is 8. The highest BCUT2D eigenvalue weighted by molar-refractivity contribution is 5.76. The minimum Gasteiger partial charge on any atom is -0.344 e. The maximum absolute atomic E-state index is 12.5. The molecule has 2 aromatic carbocycles. The van der Waals surface area contributed by atoms with Crippen LogP contribution >= 0.6 is 0 Å². The zero-order valence-corrected chi connectivity index (χ0v) is 16.7. The van der Waals surface area contributed by atoms with Crippen molar-refractivity contribution in [1.82, 2.24) is 15.5 Å². The van der Waals surface area contributed by atoms with Crippen molar-refractivity contribution in [3.8, 4) is 11.4 Å². The summed E-state index contributed by atoms with van der Waals surface area (Å²) in [5, 5.41) is 7.22. The van der Waals surface area contributed by atoms with Gasteiger partial charge in [-0.2, -0.15) is 4.98 Å². The fourth-order valence-electron chi connectivity index (χ4n) is 3.09. The van der Waals surface area contributed by atoms with Gasteiger partial charge in [-0.15, -0.1) is 0 Å². The van der Waals surface area contributed by atoms with E-state index in [2.05, 4.69) is 29.3 Å². The van der Waals surface area contributed by atoms with E-state index in [-0.39, 0.29) is 17.9 Å². The first-order valence-corrected chi connectivity index (χ1v) is 9.80. The Balaban J connectivity index is 1.71. The van der Waals surface area contributed by atoms with Gasteiger partial charge in [-0.25, -0.2) is 0 Å². The Kier molecular flexibility index (Phi) is 6.58. The van der Waals surface area contributed by atoms with Crippen LogP contribution in [0.5, 0.6) is 0 Å². The summed E-state index contributed by atoms with van der Waals surface area (Å²) in [7, 11) is 0. The molecule has 3 aromatic rings. The Bertz CT molecular complexity index is 905. The van der Waals surface area contributed by atoms with E-state index in [9.17, 15) is 4.79 Å². The molecule has 0 aliphatic carbocycles. The van der Waals surface area contributed by atoms with Crippen molar-refractivity contribution in [2.45, 2.75) is 46.1 Å². The lowest BCUT2D eigenvalue weighted by Crippen LogP contribution is -2.32. The van der Waals surface area contributed by atoms with Crippen LogP contribution in [0.15, 0.2) is 59.1 Å². The third-order valence-electron chi connectivity index (χ3n) is 5.00. The Labute approximate surface area is 166 Å². The van der Waals surface area contributed by atoms with Crippen LogP contribution in [0, 0.1) is 12.8 Å². The summed E-state index contributed by atoms with van der Waals surface area (Å²) >= 11 is 0. The van der Waals surface area contributed by atoms with Crippen molar-refractivity contribution in [3.63, 3.8) is 0 Å². The number of aryl methyl sites for hydroxylation is 2. The van der Waals surface area contributed by atoms with Gasteiger partial charge in [0, 0.05) is 12.0 Å². The van der Waals surface area contributed by atoms with Gasteiger partial charge in [-0.05, 0) is 30.9 Å². The van der Waals surface area contributed by atoms with Crippen molar-refractivity contribution >= 4 is 5.91 Å². The van der Waals surface area contributed by atoms with Crippen LogP contribution in [0.25, 0.3) is 11.4 Å². The van der Waals surface area contributed by atoms with Gasteiger partial charge in [-0.1, -0.05) is 79.5 Å². The number of hydrogen-bond acceptors (Lipinski definition) is 4. The molecule has 1 N–H and O–H groups in total. The van der Waals surface area contributed by atoms with E-state index in [0.717, 1.165) is 23.1 Å². The molecule has 5 nitrogen and oxygen atoms in total. The molecule has 1 heterocycles. The largest absolute Gasteiger partial charge is 0.344 e. The lowest BCUT2D eigenvalue weighted by Gasteiger charge is -2.20.